The third-order valence-electron chi connectivity index (χ3n) is 5.05. The molecule has 0 aliphatic carbocycles. The van der Waals surface area contributed by atoms with Crippen LogP contribution in [0.4, 0.5) is 5.69 Å². The number of halogens is 1. The molecule has 1 atom stereocenters. The monoisotopic (exact) mass is 409 g/mol. The van der Waals surface area contributed by atoms with Crippen molar-refractivity contribution in [3.05, 3.63) is 93.0 Å². The molecule has 1 aliphatic heterocycles. The lowest BCUT2D eigenvalue weighted by Gasteiger charge is -2.24. The molecule has 5 nitrogen and oxygen atoms in total. The van der Waals surface area contributed by atoms with E-state index in [0.29, 0.717) is 28.9 Å². The Labute approximate surface area is 173 Å². The van der Waals surface area contributed by atoms with E-state index in [9.17, 15) is 9.59 Å². The van der Waals surface area contributed by atoms with Gasteiger partial charge in [0.2, 0.25) is 11.2 Å². The number of ether oxygens (including phenoxy) is 1. The molecule has 6 heteroatoms. The summed E-state index contributed by atoms with van der Waals surface area (Å²) in [6, 6.07) is 16.5. The highest BCUT2D eigenvalue weighted by Crippen LogP contribution is 2.32. The standard InChI is InChI=1S/C23H20ClNO4/c1-15-10-17-4-2-3-5-20(17)25(15)12-19-11-21(26)23(14-28-19)29-13-22(27)16-6-8-18(24)9-7-16/h2-9,11,14-15H,10,12-13H2,1H3/t15-/m0/s1. The molecular weight excluding hydrogens is 390 g/mol. The first-order chi connectivity index (χ1) is 14.0. The summed E-state index contributed by atoms with van der Waals surface area (Å²) >= 11 is 5.82. The average Bonchev–Trinajstić information content (AvgIpc) is 3.03. The van der Waals surface area contributed by atoms with Crippen molar-refractivity contribution in [2.24, 2.45) is 0 Å². The summed E-state index contributed by atoms with van der Waals surface area (Å²) in [6.45, 7) is 2.40. The van der Waals surface area contributed by atoms with E-state index >= 15 is 0 Å². The number of para-hydroxylation sites is 1. The molecule has 0 radical (unpaired) electrons. The van der Waals surface area contributed by atoms with Crippen molar-refractivity contribution in [3.63, 3.8) is 0 Å². The number of anilines is 1. The summed E-state index contributed by atoms with van der Waals surface area (Å²) in [5, 5.41) is 0.550. The van der Waals surface area contributed by atoms with Gasteiger partial charge in [0.15, 0.2) is 12.4 Å². The van der Waals surface area contributed by atoms with E-state index in [4.69, 9.17) is 20.8 Å². The van der Waals surface area contributed by atoms with Crippen LogP contribution in [0.15, 0.2) is 70.1 Å². The summed E-state index contributed by atoms with van der Waals surface area (Å²) in [6.07, 6.45) is 2.24. The van der Waals surface area contributed by atoms with Gasteiger partial charge < -0.3 is 14.1 Å². The molecule has 0 saturated heterocycles. The highest BCUT2D eigenvalue weighted by atomic mass is 35.5. The number of Topliss-reactive ketones (excluding diaryl/α,β-unsaturated/α-hetero) is 1. The predicted molar refractivity (Wildman–Crippen MR) is 112 cm³/mol. The normalized spacial score (nSPS) is 15.2. The second-order valence-corrected chi connectivity index (χ2v) is 7.54. The van der Waals surface area contributed by atoms with Gasteiger partial charge in [0.25, 0.3) is 0 Å². The maximum Gasteiger partial charge on any atom is 0.227 e. The number of carbonyl (C=O) groups excluding carboxylic acids is 1. The third-order valence-corrected chi connectivity index (χ3v) is 5.30. The summed E-state index contributed by atoms with van der Waals surface area (Å²) in [4.78, 5) is 26.8. The maximum atomic E-state index is 12.4. The maximum absolute atomic E-state index is 12.4. The lowest BCUT2D eigenvalue weighted by molar-refractivity contribution is 0.0919. The Morgan fingerprint density at radius 3 is 2.72 bits per heavy atom. The highest BCUT2D eigenvalue weighted by molar-refractivity contribution is 6.30. The van der Waals surface area contributed by atoms with Gasteiger partial charge in [-0.2, -0.15) is 0 Å². The Bertz CT molecular complexity index is 1090. The highest BCUT2D eigenvalue weighted by Gasteiger charge is 2.26. The molecule has 0 amide bonds. The number of fused-ring (bicyclic) bond motifs is 1. The van der Waals surface area contributed by atoms with Gasteiger partial charge in [-0.3, -0.25) is 9.59 Å². The van der Waals surface area contributed by atoms with Crippen LogP contribution in [0.1, 0.15) is 28.6 Å². The number of carbonyl (C=O) groups is 1. The molecule has 3 aromatic rings. The van der Waals surface area contributed by atoms with E-state index in [1.54, 1.807) is 24.3 Å². The fourth-order valence-electron chi connectivity index (χ4n) is 3.53. The third kappa shape index (κ3) is 4.20. The average molecular weight is 410 g/mol. The van der Waals surface area contributed by atoms with Crippen molar-refractivity contribution in [2.75, 3.05) is 11.5 Å². The van der Waals surface area contributed by atoms with Crippen LogP contribution in [0, 0.1) is 0 Å². The topological polar surface area (TPSA) is 59.8 Å². The molecule has 0 N–H and O–H groups in total. The van der Waals surface area contributed by atoms with Gasteiger partial charge >= 0.3 is 0 Å². The Morgan fingerprint density at radius 1 is 1.21 bits per heavy atom. The molecule has 0 spiro atoms. The van der Waals surface area contributed by atoms with E-state index in [0.717, 1.165) is 12.1 Å². The molecule has 0 unspecified atom stereocenters. The number of hydrogen-bond acceptors (Lipinski definition) is 5. The van der Waals surface area contributed by atoms with Crippen molar-refractivity contribution >= 4 is 23.1 Å². The largest absolute Gasteiger partial charge is 0.478 e. The van der Waals surface area contributed by atoms with Crippen molar-refractivity contribution in [1.82, 2.24) is 0 Å². The summed E-state index contributed by atoms with van der Waals surface area (Å²) in [5.41, 5.74) is 2.62. The fourth-order valence-corrected chi connectivity index (χ4v) is 3.65. The van der Waals surface area contributed by atoms with Crippen LogP contribution in [0.2, 0.25) is 5.02 Å². The summed E-state index contributed by atoms with van der Waals surface area (Å²) < 4.78 is 11.0. The first-order valence-electron chi connectivity index (χ1n) is 9.39. The quantitative estimate of drug-likeness (QED) is 0.561. The fraction of sp³-hybridized carbons (Fsp3) is 0.217. The lowest BCUT2D eigenvalue weighted by atomic mass is 10.1. The zero-order chi connectivity index (χ0) is 20.4. The minimum Gasteiger partial charge on any atom is -0.478 e. The van der Waals surface area contributed by atoms with Crippen molar-refractivity contribution < 1.29 is 13.9 Å². The van der Waals surface area contributed by atoms with Crippen LogP contribution < -0.4 is 15.1 Å². The number of benzene rings is 2. The molecule has 0 fully saturated rings. The first kappa shape index (κ1) is 19.3. The molecule has 0 bridgehead atoms. The molecule has 1 aliphatic rings. The molecule has 2 heterocycles. The first-order valence-corrected chi connectivity index (χ1v) is 9.77. The number of ketones is 1. The summed E-state index contributed by atoms with van der Waals surface area (Å²) in [7, 11) is 0. The van der Waals surface area contributed by atoms with Gasteiger partial charge in [-0.1, -0.05) is 29.8 Å². The van der Waals surface area contributed by atoms with Gasteiger partial charge in [0, 0.05) is 28.4 Å². The predicted octanol–water partition coefficient (Wildman–Crippen LogP) is 4.51. The zero-order valence-corrected chi connectivity index (χ0v) is 16.7. The zero-order valence-electron chi connectivity index (χ0n) is 15.9. The summed E-state index contributed by atoms with van der Waals surface area (Å²) in [5.74, 6) is 0.327. The molecule has 1 aromatic heterocycles. The van der Waals surface area contributed by atoms with E-state index in [2.05, 4.69) is 24.0 Å². The van der Waals surface area contributed by atoms with Crippen LogP contribution >= 0.6 is 11.6 Å². The second-order valence-electron chi connectivity index (χ2n) is 7.10. The number of hydrogen-bond donors (Lipinski definition) is 0. The van der Waals surface area contributed by atoms with Crippen LogP contribution in [-0.2, 0) is 13.0 Å². The SMILES string of the molecule is C[C@H]1Cc2ccccc2N1Cc1cc(=O)c(OCC(=O)c2ccc(Cl)cc2)co1. The smallest absolute Gasteiger partial charge is 0.227 e. The van der Waals surface area contributed by atoms with Crippen molar-refractivity contribution in [3.8, 4) is 5.75 Å². The van der Waals surface area contributed by atoms with E-state index < -0.39 is 0 Å². The van der Waals surface area contributed by atoms with E-state index in [1.165, 1.54) is 17.9 Å². The van der Waals surface area contributed by atoms with Crippen LogP contribution in [0.3, 0.4) is 0 Å². The van der Waals surface area contributed by atoms with Gasteiger partial charge in [0.1, 0.15) is 12.0 Å². The Kier molecular flexibility index (Phi) is 5.41. The van der Waals surface area contributed by atoms with Crippen LogP contribution in [-0.4, -0.2) is 18.4 Å². The number of nitrogens with zero attached hydrogens (tertiary/aromatic N) is 1. The van der Waals surface area contributed by atoms with Crippen LogP contribution in [0.5, 0.6) is 5.75 Å². The van der Waals surface area contributed by atoms with Crippen molar-refractivity contribution in [1.29, 1.82) is 0 Å². The Morgan fingerprint density at radius 2 is 1.97 bits per heavy atom. The minimum absolute atomic E-state index is 0.0194. The van der Waals surface area contributed by atoms with Gasteiger partial charge in [0.05, 0.1) is 6.54 Å². The Hall–Kier alpha value is -3.05. The molecule has 4 rings (SSSR count). The van der Waals surface area contributed by atoms with Gasteiger partial charge in [-0.05, 0) is 49.2 Å². The molecule has 0 saturated carbocycles. The lowest BCUT2D eigenvalue weighted by Crippen LogP contribution is -2.29. The van der Waals surface area contributed by atoms with Crippen molar-refractivity contribution in [2.45, 2.75) is 25.9 Å². The van der Waals surface area contributed by atoms with Crippen LogP contribution in [0.25, 0.3) is 0 Å². The molecule has 2 aromatic carbocycles. The van der Waals surface area contributed by atoms with E-state index in [-0.39, 0.29) is 23.6 Å². The molecule has 29 heavy (non-hydrogen) atoms. The number of rotatable bonds is 6. The van der Waals surface area contributed by atoms with Gasteiger partial charge in [-0.15, -0.1) is 0 Å². The van der Waals surface area contributed by atoms with E-state index in [1.807, 2.05) is 12.1 Å². The second kappa shape index (κ2) is 8.13. The van der Waals surface area contributed by atoms with Gasteiger partial charge in [-0.25, -0.2) is 0 Å². The Balaban J connectivity index is 1.42. The molecule has 148 valence electrons. The minimum atomic E-state index is -0.310. The molecular formula is C23H20ClNO4.